The van der Waals surface area contributed by atoms with Gasteiger partial charge in [-0.1, -0.05) is 23.2 Å². The summed E-state index contributed by atoms with van der Waals surface area (Å²) in [7, 11) is 0. The number of rotatable bonds is 1. The van der Waals surface area contributed by atoms with Crippen molar-refractivity contribution in [3.8, 4) is 0 Å². The SMILES string of the molecule is C/C(Cl)=C(/Cl)N1CCCC1. The van der Waals surface area contributed by atoms with Crippen molar-refractivity contribution < 1.29 is 0 Å². The fourth-order valence-corrected chi connectivity index (χ4v) is 1.42. The zero-order valence-corrected chi connectivity index (χ0v) is 7.54. The largest absolute Gasteiger partial charge is 0.361 e. The first-order chi connectivity index (χ1) is 4.72. The Morgan fingerprint density at radius 3 is 2.10 bits per heavy atom. The van der Waals surface area contributed by atoms with Crippen LogP contribution in [0.1, 0.15) is 19.8 Å². The van der Waals surface area contributed by atoms with Gasteiger partial charge in [-0.05, 0) is 19.8 Å². The molecule has 0 aromatic heterocycles. The predicted octanol–water partition coefficient (Wildman–Crippen LogP) is 2.75. The summed E-state index contributed by atoms with van der Waals surface area (Å²) in [5.41, 5.74) is 0. The molecule has 0 aliphatic carbocycles. The molecule has 0 bridgehead atoms. The molecule has 1 fully saturated rings. The molecule has 0 N–H and O–H groups in total. The zero-order chi connectivity index (χ0) is 7.56. The molecule has 1 aliphatic rings. The van der Waals surface area contributed by atoms with Gasteiger partial charge in [-0.3, -0.25) is 0 Å². The number of hydrogen-bond donors (Lipinski definition) is 0. The van der Waals surface area contributed by atoms with Crippen molar-refractivity contribution in [3.05, 3.63) is 10.2 Å². The molecule has 0 radical (unpaired) electrons. The van der Waals surface area contributed by atoms with Crippen LogP contribution in [0.5, 0.6) is 0 Å². The van der Waals surface area contributed by atoms with E-state index in [0.29, 0.717) is 5.03 Å². The second-order valence-electron chi connectivity index (χ2n) is 2.52. The Bertz CT molecular complexity index is 144. The van der Waals surface area contributed by atoms with Crippen LogP contribution in [-0.4, -0.2) is 18.0 Å². The van der Waals surface area contributed by atoms with E-state index >= 15 is 0 Å². The quantitative estimate of drug-likeness (QED) is 0.560. The van der Waals surface area contributed by atoms with Crippen molar-refractivity contribution in [3.63, 3.8) is 0 Å². The monoisotopic (exact) mass is 179 g/mol. The Labute approximate surface area is 71.6 Å². The molecular weight excluding hydrogens is 169 g/mol. The third-order valence-corrected chi connectivity index (χ3v) is 2.47. The normalized spacial score (nSPS) is 21.3. The van der Waals surface area contributed by atoms with Gasteiger partial charge in [0.25, 0.3) is 0 Å². The maximum atomic E-state index is 5.90. The molecule has 1 aliphatic heterocycles. The van der Waals surface area contributed by atoms with Gasteiger partial charge in [-0.15, -0.1) is 0 Å². The highest BCUT2D eigenvalue weighted by molar-refractivity contribution is 6.38. The highest BCUT2D eigenvalue weighted by Crippen LogP contribution is 2.22. The Balaban J connectivity index is 2.56. The fourth-order valence-electron chi connectivity index (χ4n) is 1.13. The second kappa shape index (κ2) is 3.49. The summed E-state index contributed by atoms with van der Waals surface area (Å²) < 4.78 is 0. The third kappa shape index (κ3) is 1.80. The van der Waals surface area contributed by atoms with Gasteiger partial charge in [0.05, 0.1) is 5.03 Å². The maximum Gasteiger partial charge on any atom is 0.119 e. The highest BCUT2D eigenvalue weighted by atomic mass is 35.5. The molecular formula is C7H11Cl2N. The van der Waals surface area contributed by atoms with E-state index in [2.05, 4.69) is 4.90 Å². The first kappa shape index (κ1) is 8.22. The molecule has 3 heteroatoms. The Morgan fingerprint density at radius 1 is 1.20 bits per heavy atom. The van der Waals surface area contributed by atoms with Gasteiger partial charge < -0.3 is 4.90 Å². The number of halogens is 2. The molecule has 0 atom stereocenters. The average Bonchev–Trinajstić information content (AvgIpc) is 2.36. The van der Waals surface area contributed by atoms with Crippen LogP contribution in [0, 0.1) is 0 Å². The van der Waals surface area contributed by atoms with Gasteiger partial charge in [0.2, 0.25) is 0 Å². The van der Waals surface area contributed by atoms with Gasteiger partial charge in [-0.25, -0.2) is 0 Å². The zero-order valence-electron chi connectivity index (χ0n) is 6.03. The summed E-state index contributed by atoms with van der Waals surface area (Å²) in [6.07, 6.45) is 2.47. The van der Waals surface area contributed by atoms with Gasteiger partial charge >= 0.3 is 0 Å². The van der Waals surface area contributed by atoms with Crippen molar-refractivity contribution in [2.75, 3.05) is 13.1 Å². The smallest absolute Gasteiger partial charge is 0.119 e. The van der Waals surface area contributed by atoms with Crippen molar-refractivity contribution >= 4 is 23.2 Å². The summed E-state index contributed by atoms with van der Waals surface area (Å²) in [5.74, 6) is 0. The van der Waals surface area contributed by atoms with Crippen molar-refractivity contribution in [1.82, 2.24) is 4.90 Å². The molecule has 0 aromatic carbocycles. The number of likely N-dealkylation sites (tertiary alicyclic amines) is 1. The van der Waals surface area contributed by atoms with E-state index in [1.807, 2.05) is 6.92 Å². The van der Waals surface area contributed by atoms with Crippen molar-refractivity contribution in [2.24, 2.45) is 0 Å². The molecule has 0 amide bonds. The van der Waals surface area contributed by atoms with E-state index in [-0.39, 0.29) is 0 Å². The topological polar surface area (TPSA) is 3.24 Å². The summed E-state index contributed by atoms with van der Waals surface area (Å²) in [6.45, 7) is 3.94. The third-order valence-electron chi connectivity index (χ3n) is 1.67. The van der Waals surface area contributed by atoms with Gasteiger partial charge in [0.1, 0.15) is 5.16 Å². The highest BCUT2D eigenvalue weighted by Gasteiger charge is 2.13. The summed E-state index contributed by atoms with van der Waals surface area (Å²) >= 11 is 11.6. The second-order valence-corrected chi connectivity index (χ2v) is 3.44. The van der Waals surface area contributed by atoms with Crippen LogP contribution < -0.4 is 0 Å². The van der Waals surface area contributed by atoms with Crippen LogP contribution >= 0.6 is 23.2 Å². The van der Waals surface area contributed by atoms with Crippen LogP contribution in [0.15, 0.2) is 10.2 Å². The number of allylic oxidation sites excluding steroid dienone is 1. The summed E-state index contributed by atoms with van der Waals surface area (Å²) in [4.78, 5) is 2.11. The molecule has 10 heavy (non-hydrogen) atoms. The van der Waals surface area contributed by atoms with Crippen LogP contribution in [0.4, 0.5) is 0 Å². The van der Waals surface area contributed by atoms with E-state index in [0.717, 1.165) is 18.2 Å². The van der Waals surface area contributed by atoms with Gasteiger partial charge in [-0.2, -0.15) is 0 Å². The summed E-state index contributed by atoms with van der Waals surface area (Å²) in [6, 6.07) is 0. The maximum absolute atomic E-state index is 5.90. The van der Waals surface area contributed by atoms with Crippen molar-refractivity contribution in [1.29, 1.82) is 0 Å². The first-order valence-corrected chi connectivity index (χ1v) is 4.24. The predicted molar refractivity (Wildman–Crippen MR) is 45.2 cm³/mol. The molecule has 1 saturated heterocycles. The van der Waals surface area contributed by atoms with Crippen LogP contribution in [0.25, 0.3) is 0 Å². The van der Waals surface area contributed by atoms with E-state index < -0.39 is 0 Å². The van der Waals surface area contributed by atoms with E-state index in [4.69, 9.17) is 23.2 Å². The molecule has 0 aromatic rings. The summed E-state index contributed by atoms with van der Waals surface area (Å²) in [5, 5.41) is 1.42. The standard InChI is InChI=1S/C7H11Cl2N/c1-6(8)7(9)10-4-2-3-5-10/h2-5H2,1H3/b7-6+. The Morgan fingerprint density at radius 2 is 1.70 bits per heavy atom. The van der Waals surface area contributed by atoms with Crippen LogP contribution in [0.3, 0.4) is 0 Å². The van der Waals surface area contributed by atoms with Gasteiger partial charge in [0, 0.05) is 13.1 Å². The molecule has 1 nitrogen and oxygen atoms in total. The Hall–Kier alpha value is 0.120. The minimum Gasteiger partial charge on any atom is -0.361 e. The van der Waals surface area contributed by atoms with Crippen LogP contribution in [0.2, 0.25) is 0 Å². The average molecular weight is 180 g/mol. The molecule has 1 rings (SSSR count). The van der Waals surface area contributed by atoms with Gasteiger partial charge in [0.15, 0.2) is 0 Å². The molecule has 0 spiro atoms. The lowest BCUT2D eigenvalue weighted by Gasteiger charge is -2.15. The lowest BCUT2D eigenvalue weighted by molar-refractivity contribution is 0.452. The van der Waals surface area contributed by atoms with E-state index in [1.54, 1.807) is 0 Å². The number of nitrogens with zero attached hydrogens (tertiary/aromatic N) is 1. The molecule has 0 unspecified atom stereocenters. The molecule has 1 heterocycles. The lowest BCUT2D eigenvalue weighted by Crippen LogP contribution is -2.15. The minimum absolute atomic E-state index is 0.698. The van der Waals surface area contributed by atoms with Crippen molar-refractivity contribution in [2.45, 2.75) is 19.8 Å². The molecule has 0 saturated carbocycles. The lowest BCUT2D eigenvalue weighted by atomic mass is 10.4. The Kier molecular flexibility index (Phi) is 2.87. The molecule has 58 valence electrons. The fraction of sp³-hybridized carbons (Fsp3) is 0.714. The van der Waals surface area contributed by atoms with Crippen LogP contribution in [-0.2, 0) is 0 Å². The van der Waals surface area contributed by atoms with E-state index in [1.165, 1.54) is 12.8 Å². The first-order valence-electron chi connectivity index (χ1n) is 3.48. The minimum atomic E-state index is 0.698. The van der Waals surface area contributed by atoms with E-state index in [9.17, 15) is 0 Å². The number of hydrogen-bond acceptors (Lipinski definition) is 1.